The van der Waals surface area contributed by atoms with Crippen LogP contribution in [0.4, 0.5) is 0 Å². The Hall–Kier alpha value is -0.410. The van der Waals surface area contributed by atoms with E-state index >= 15 is 0 Å². The zero-order valence-corrected chi connectivity index (χ0v) is 8.79. The van der Waals surface area contributed by atoms with E-state index in [1.807, 2.05) is 0 Å². The van der Waals surface area contributed by atoms with Crippen LogP contribution in [0.5, 0.6) is 0 Å². The van der Waals surface area contributed by atoms with E-state index < -0.39 is 0 Å². The fourth-order valence-corrected chi connectivity index (χ4v) is 2.70. The van der Waals surface area contributed by atoms with Crippen molar-refractivity contribution in [3.05, 3.63) is 22.2 Å². The number of rotatable bonds is 4. The molecule has 0 aliphatic heterocycles. The summed E-state index contributed by atoms with van der Waals surface area (Å²) < 4.78 is 6.47. The molecular formula is C10H11BrO2. The summed E-state index contributed by atoms with van der Waals surface area (Å²) in [4.78, 5) is 10.1. The third-order valence-corrected chi connectivity index (χ3v) is 3.70. The lowest BCUT2D eigenvalue weighted by atomic mass is 10.0. The van der Waals surface area contributed by atoms with Gasteiger partial charge in [-0.2, -0.15) is 0 Å². The number of hydrogen-bond donors (Lipinski definition) is 0. The molecule has 13 heavy (non-hydrogen) atoms. The monoisotopic (exact) mass is 242 g/mol. The molecule has 70 valence electrons. The Labute approximate surface area is 85.8 Å². The van der Waals surface area contributed by atoms with E-state index in [-0.39, 0.29) is 6.61 Å². The molecule has 0 radical (unpaired) electrons. The van der Waals surface area contributed by atoms with E-state index in [1.165, 1.54) is 16.5 Å². The number of carbonyl (C=O) groups excluding carboxylic acids is 1. The van der Waals surface area contributed by atoms with Crippen LogP contribution in [-0.4, -0.2) is 19.5 Å². The second kappa shape index (κ2) is 3.76. The zero-order chi connectivity index (χ0) is 9.26. The molecule has 2 atom stereocenters. The molecule has 2 aliphatic carbocycles. The third kappa shape index (κ3) is 1.63. The van der Waals surface area contributed by atoms with E-state index in [4.69, 9.17) is 4.74 Å². The molecule has 2 nitrogen and oxygen atoms in total. The molecule has 0 amide bonds. The van der Waals surface area contributed by atoms with Gasteiger partial charge in [-0.05, 0) is 12.0 Å². The minimum absolute atomic E-state index is 0.199. The maximum Gasteiger partial charge on any atom is 0.145 e. The first-order valence-electron chi connectivity index (χ1n) is 4.41. The Morgan fingerprint density at radius 3 is 2.92 bits per heavy atom. The van der Waals surface area contributed by atoms with Crippen molar-refractivity contribution >= 4 is 22.2 Å². The molecule has 0 heterocycles. The largest absolute Gasteiger partial charge is 0.370 e. The first kappa shape index (κ1) is 9.16. The first-order chi connectivity index (χ1) is 6.33. The van der Waals surface area contributed by atoms with Gasteiger partial charge < -0.3 is 9.53 Å². The van der Waals surface area contributed by atoms with Crippen LogP contribution in [0.25, 0.3) is 0 Å². The minimum Gasteiger partial charge on any atom is -0.370 e. The molecule has 2 aliphatic rings. The van der Waals surface area contributed by atoms with E-state index in [1.54, 1.807) is 0 Å². The number of fused-ring (bicyclic) bond motifs is 2. The van der Waals surface area contributed by atoms with Crippen LogP contribution >= 0.6 is 15.9 Å². The van der Waals surface area contributed by atoms with Crippen LogP contribution in [0.3, 0.4) is 0 Å². The second-order valence-electron chi connectivity index (χ2n) is 3.39. The first-order valence-corrected chi connectivity index (χ1v) is 5.20. The summed E-state index contributed by atoms with van der Waals surface area (Å²) in [6, 6.07) is 0. The van der Waals surface area contributed by atoms with E-state index in [0.29, 0.717) is 18.4 Å². The lowest BCUT2D eigenvalue weighted by molar-refractivity contribution is -0.111. The lowest BCUT2D eigenvalue weighted by Gasteiger charge is -2.11. The lowest BCUT2D eigenvalue weighted by Crippen LogP contribution is -2.06. The standard InChI is InChI=1S/C10H11BrO2/c11-10-8-2-1-7(5-8)9(10)6-13-4-3-12/h1-3,7-8H,4-6H2/t7-,8+/m1/s1. The third-order valence-electron chi connectivity index (χ3n) is 2.61. The van der Waals surface area contributed by atoms with Crippen LogP contribution in [0.15, 0.2) is 22.2 Å². The van der Waals surface area contributed by atoms with Crippen molar-refractivity contribution in [1.29, 1.82) is 0 Å². The Morgan fingerprint density at radius 2 is 2.31 bits per heavy atom. The summed E-state index contributed by atoms with van der Waals surface area (Å²) in [6.07, 6.45) is 6.44. The number of carbonyl (C=O) groups is 1. The molecule has 0 fully saturated rings. The highest BCUT2D eigenvalue weighted by Gasteiger charge is 2.33. The zero-order valence-electron chi connectivity index (χ0n) is 7.20. The summed E-state index contributed by atoms with van der Waals surface area (Å²) in [6.45, 7) is 0.787. The van der Waals surface area contributed by atoms with Crippen molar-refractivity contribution < 1.29 is 9.53 Å². The normalized spacial score (nSPS) is 30.2. The van der Waals surface area contributed by atoms with Gasteiger partial charge >= 0.3 is 0 Å². The molecule has 0 spiro atoms. The predicted octanol–water partition coefficient (Wildman–Crippen LogP) is 2.06. The number of ether oxygens (including phenoxy) is 1. The molecule has 2 bridgehead atoms. The molecule has 0 saturated heterocycles. The van der Waals surface area contributed by atoms with Crippen LogP contribution in [-0.2, 0) is 9.53 Å². The molecule has 0 aromatic heterocycles. The SMILES string of the molecule is O=CCOCC1=C(Br)[C@H]2C=C[C@@H]1C2. The van der Waals surface area contributed by atoms with E-state index in [2.05, 4.69) is 28.1 Å². The van der Waals surface area contributed by atoms with Gasteiger partial charge in [-0.3, -0.25) is 0 Å². The van der Waals surface area contributed by atoms with Crippen molar-refractivity contribution in [2.24, 2.45) is 11.8 Å². The number of aldehydes is 1. The van der Waals surface area contributed by atoms with Crippen molar-refractivity contribution in [2.75, 3.05) is 13.2 Å². The highest BCUT2D eigenvalue weighted by Crippen LogP contribution is 2.46. The predicted molar refractivity (Wildman–Crippen MR) is 53.6 cm³/mol. The Balaban J connectivity index is 1.96. The summed E-state index contributed by atoms with van der Waals surface area (Å²) in [5.74, 6) is 1.12. The van der Waals surface area contributed by atoms with Gasteiger partial charge in [0.05, 0.1) is 6.61 Å². The molecule has 0 aromatic carbocycles. The van der Waals surface area contributed by atoms with Crippen LogP contribution in [0.1, 0.15) is 6.42 Å². The molecule has 0 N–H and O–H groups in total. The maximum atomic E-state index is 10.1. The molecular weight excluding hydrogens is 232 g/mol. The fraction of sp³-hybridized carbons (Fsp3) is 0.500. The molecule has 0 saturated carbocycles. The van der Waals surface area contributed by atoms with Crippen molar-refractivity contribution in [2.45, 2.75) is 6.42 Å². The van der Waals surface area contributed by atoms with Crippen LogP contribution < -0.4 is 0 Å². The number of allylic oxidation sites excluding steroid dienone is 3. The van der Waals surface area contributed by atoms with Crippen molar-refractivity contribution in [1.82, 2.24) is 0 Å². The Kier molecular flexibility index (Phi) is 2.65. The highest BCUT2D eigenvalue weighted by atomic mass is 79.9. The average Bonchev–Trinajstić information content (AvgIpc) is 2.69. The van der Waals surface area contributed by atoms with Gasteiger partial charge in [0.25, 0.3) is 0 Å². The van der Waals surface area contributed by atoms with Gasteiger partial charge in [-0.25, -0.2) is 0 Å². The second-order valence-corrected chi connectivity index (χ2v) is 4.24. The maximum absolute atomic E-state index is 10.1. The molecule has 0 unspecified atom stereocenters. The molecule has 0 aromatic rings. The number of hydrogen-bond acceptors (Lipinski definition) is 2. The summed E-state index contributed by atoms with van der Waals surface area (Å²) >= 11 is 3.57. The summed E-state index contributed by atoms with van der Waals surface area (Å²) in [5, 5.41) is 0. The smallest absolute Gasteiger partial charge is 0.145 e. The Morgan fingerprint density at radius 1 is 1.54 bits per heavy atom. The van der Waals surface area contributed by atoms with E-state index in [0.717, 1.165) is 6.29 Å². The van der Waals surface area contributed by atoms with Gasteiger partial charge in [-0.1, -0.05) is 28.1 Å². The van der Waals surface area contributed by atoms with Gasteiger partial charge in [0, 0.05) is 16.3 Å². The fourth-order valence-electron chi connectivity index (χ4n) is 1.95. The highest BCUT2D eigenvalue weighted by molar-refractivity contribution is 9.11. The topological polar surface area (TPSA) is 26.3 Å². The number of halogens is 1. The van der Waals surface area contributed by atoms with Gasteiger partial charge in [0.15, 0.2) is 0 Å². The Bertz CT molecular complexity index is 281. The quantitative estimate of drug-likeness (QED) is 0.429. The summed E-state index contributed by atoms with van der Waals surface area (Å²) in [5.41, 5.74) is 1.31. The minimum atomic E-state index is 0.199. The van der Waals surface area contributed by atoms with Crippen molar-refractivity contribution in [3.8, 4) is 0 Å². The molecule has 2 rings (SSSR count). The van der Waals surface area contributed by atoms with Gasteiger partial charge in [-0.15, -0.1) is 0 Å². The average molecular weight is 243 g/mol. The van der Waals surface area contributed by atoms with E-state index in [9.17, 15) is 4.79 Å². The van der Waals surface area contributed by atoms with Crippen LogP contribution in [0, 0.1) is 11.8 Å². The molecule has 3 heteroatoms. The van der Waals surface area contributed by atoms with Gasteiger partial charge in [0.1, 0.15) is 12.9 Å². The van der Waals surface area contributed by atoms with Crippen LogP contribution in [0.2, 0.25) is 0 Å². The van der Waals surface area contributed by atoms with Gasteiger partial charge in [0.2, 0.25) is 0 Å². The van der Waals surface area contributed by atoms with Crippen molar-refractivity contribution in [3.63, 3.8) is 0 Å². The summed E-state index contributed by atoms with van der Waals surface area (Å²) in [7, 11) is 0.